The van der Waals surface area contributed by atoms with E-state index in [9.17, 15) is 8.78 Å². The average Bonchev–Trinajstić information content (AvgIpc) is 2.45. The molecule has 2 aromatic rings. The number of nitrogens with zero attached hydrogens (tertiary/aromatic N) is 2. The van der Waals surface area contributed by atoms with Crippen LogP contribution in [0.3, 0.4) is 0 Å². The number of hydrogen-bond donors (Lipinski definition) is 2. The molecule has 2 rings (SSSR count). The number of pyridine rings is 2. The van der Waals surface area contributed by atoms with Crippen molar-refractivity contribution in [3.05, 3.63) is 41.2 Å². The number of rotatable bonds is 3. The first kappa shape index (κ1) is 14.7. The Bertz CT molecular complexity index is 732. The summed E-state index contributed by atoms with van der Waals surface area (Å²) in [7, 11) is 1.58. The van der Waals surface area contributed by atoms with Crippen LogP contribution < -0.4 is 10.6 Å². The molecule has 0 bridgehead atoms. The molecule has 2 heterocycles. The molecule has 0 atom stereocenters. The van der Waals surface area contributed by atoms with E-state index in [1.165, 1.54) is 18.3 Å². The summed E-state index contributed by atoms with van der Waals surface area (Å²) < 4.78 is 27.2. The van der Waals surface area contributed by atoms with E-state index in [0.717, 1.165) is 0 Å². The van der Waals surface area contributed by atoms with Gasteiger partial charge in [-0.05, 0) is 19.9 Å². The van der Waals surface area contributed by atoms with Crippen molar-refractivity contribution in [2.24, 2.45) is 0 Å². The van der Waals surface area contributed by atoms with E-state index in [0.29, 0.717) is 17.1 Å². The van der Waals surface area contributed by atoms with Crippen LogP contribution in [-0.2, 0) is 0 Å². The van der Waals surface area contributed by atoms with Crippen molar-refractivity contribution in [1.29, 1.82) is 0 Å². The molecular weight excluding hydrogens is 274 g/mol. The lowest BCUT2D eigenvalue weighted by Crippen LogP contribution is -2.03. The molecule has 0 aliphatic heterocycles. The third-order valence-corrected chi connectivity index (χ3v) is 2.75. The predicted octanol–water partition coefficient (Wildman–Crippen LogP) is 3.22. The van der Waals surface area contributed by atoms with Gasteiger partial charge in [-0.2, -0.15) is 0 Å². The fraction of sp³-hybridized carbons (Fsp3) is 0.200. The zero-order valence-corrected chi connectivity index (χ0v) is 11.9. The summed E-state index contributed by atoms with van der Waals surface area (Å²) in [5, 5.41) is 5.54. The van der Waals surface area contributed by atoms with E-state index in [2.05, 4.69) is 32.4 Å². The molecule has 2 aromatic heterocycles. The van der Waals surface area contributed by atoms with Crippen LogP contribution in [-0.4, -0.2) is 17.0 Å². The Kier molecular flexibility index (Phi) is 4.33. The largest absolute Gasteiger partial charge is 0.371 e. The maximum absolute atomic E-state index is 13.7. The van der Waals surface area contributed by atoms with Gasteiger partial charge in [0.1, 0.15) is 11.6 Å². The fourth-order valence-corrected chi connectivity index (χ4v) is 1.73. The first-order valence-electron chi connectivity index (χ1n) is 6.25. The lowest BCUT2D eigenvalue weighted by Gasteiger charge is -2.10. The highest BCUT2D eigenvalue weighted by Gasteiger charge is 2.10. The molecule has 21 heavy (non-hydrogen) atoms. The van der Waals surface area contributed by atoms with Gasteiger partial charge in [-0.3, -0.25) is 0 Å². The Morgan fingerprint density at radius 1 is 1.14 bits per heavy atom. The van der Waals surface area contributed by atoms with E-state index < -0.39 is 11.6 Å². The normalized spacial score (nSPS) is 9.76. The Hall–Kier alpha value is -2.68. The SMILES string of the molecule is CC#Cc1cc(F)c(C)nc1Nc1cnc(NC)c(F)c1. The number of aryl methyl sites for hydroxylation is 1. The lowest BCUT2D eigenvalue weighted by molar-refractivity contribution is 0.609. The van der Waals surface area contributed by atoms with Gasteiger partial charge in [0.25, 0.3) is 0 Å². The highest BCUT2D eigenvalue weighted by Crippen LogP contribution is 2.22. The smallest absolute Gasteiger partial charge is 0.167 e. The van der Waals surface area contributed by atoms with E-state index in [1.807, 2.05) is 0 Å². The molecule has 0 aliphatic rings. The second-order valence-corrected chi connectivity index (χ2v) is 4.26. The van der Waals surface area contributed by atoms with Gasteiger partial charge in [0.15, 0.2) is 11.6 Å². The van der Waals surface area contributed by atoms with Crippen LogP contribution in [0.25, 0.3) is 0 Å². The van der Waals surface area contributed by atoms with Crippen molar-refractivity contribution >= 4 is 17.3 Å². The zero-order valence-electron chi connectivity index (χ0n) is 11.9. The van der Waals surface area contributed by atoms with Crippen LogP contribution in [0.15, 0.2) is 18.3 Å². The highest BCUT2D eigenvalue weighted by atomic mass is 19.1. The number of aromatic nitrogens is 2. The number of halogens is 2. The third kappa shape index (κ3) is 3.26. The molecular formula is C15H14F2N4. The minimum absolute atomic E-state index is 0.150. The van der Waals surface area contributed by atoms with Crippen molar-refractivity contribution in [2.75, 3.05) is 17.7 Å². The summed E-state index contributed by atoms with van der Waals surface area (Å²) in [5.74, 6) is 5.03. The summed E-state index contributed by atoms with van der Waals surface area (Å²) in [6.07, 6.45) is 1.46. The summed E-state index contributed by atoms with van der Waals surface area (Å²) in [4.78, 5) is 8.03. The fourth-order valence-electron chi connectivity index (χ4n) is 1.73. The minimum atomic E-state index is -0.496. The van der Waals surface area contributed by atoms with Gasteiger partial charge in [-0.25, -0.2) is 18.7 Å². The molecule has 0 saturated heterocycles. The lowest BCUT2D eigenvalue weighted by atomic mass is 10.2. The topological polar surface area (TPSA) is 49.8 Å². The van der Waals surface area contributed by atoms with E-state index in [4.69, 9.17) is 0 Å². The highest BCUT2D eigenvalue weighted by molar-refractivity contribution is 5.64. The summed E-state index contributed by atoms with van der Waals surface area (Å²) in [5.41, 5.74) is 1.04. The van der Waals surface area contributed by atoms with Crippen LogP contribution in [0.5, 0.6) is 0 Å². The Morgan fingerprint density at radius 3 is 2.52 bits per heavy atom. The van der Waals surface area contributed by atoms with Crippen LogP contribution in [0.1, 0.15) is 18.2 Å². The first-order valence-corrected chi connectivity index (χ1v) is 6.25. The molecule has 0 amide bonds. The van der Waals surface area contributed by atoms with E-state index in [1.54, 1.807) is 20.9 Å². The maximum atomic E-state index is 13.7. The van der Waals surface area contributed by atoms with E-state index in [-0.39, 0.29) is 11.5 Å². The quantitative estimate of drug-likeness (QED) is 0.851. The van der Waals surface area contributed by atoms with Gasteiger partial charge >= 0.3 is 0 Å². The molecule has 108 valence electrons. The average molecular weight is 288 g/mol. The molecule has 0 aromatic carbocycles. The molecule has 4 nitrogen and oxygen atoms in total. The predicted molar refractivity (Wildman–Crippen MR) is 78.5 cm³/mol. The molecule has 6 heteroatoms. The standard InChI is InChI=1S/C15H14F2N4/c1-4-5-10-6-12(16)9(2)20-14(10)21-11-7-13(17)15(18-3)19-8-11/h6-8H,1-3H3,(H,18,19)(H,20,21). The van der Waals surface area contributed by atoms with Crippen LogP contribution in [0.2, 0.25) is 0 Å². The van der Waals surface area contributed by atoms with Crippen LogP contribution >= 0.6 is 0 Å². The van der Waals surface area contributed by atoms with Crippen molar-refractivity contribution in [3.8, 4) is 11.8 Å². The Labute approximate surface area is 121 Å². The molecule has 2 N–H and O–H groups in total. The van der Waals surface area contributed by atoms with Crippen molar-refractivity contribution in [1.82, 2.24) is 9.97 Å². The number of anilines is 3. The Balaban J connectivity index is 2.40. The van der Waals surface area contributed by atoms with Gasteiger partial charge in [0, 0.05) is 13.1 Å². The zero-order chi connectivity index (χ0) is 15.4. The maximum Gasteiger partial charge on any atom is 0.167 e. The molecule has 0 spiro atoms. The van der Waals surface area contributed by atoms with Gasteiger partial charge in [-0.15, -0.1) is 5.92 Å². The van der Waals surface area contributed by atoms with Gasteiger partial charge < -0.3 is 10.6 Å². The molecule has 0 unspecified atom stereocenters. The van der Waals surface area contributed by atoms with Crippen molar-refractivity contribution in [2.45, 2.75) is 13.8 Å². The number of hydrogen-bond acceptors (Lipinski definition) is 4. The van der Waals surface area contributed by atoms with Gasteiger partial charge in [0.2, 0.25) is 0 Å². The second-order valence-electron chi connectivity index (χ2n) is 4.26. The van der Waals surface area contributed by atoms with Crippen LogP contribution in [0, 0.1) is 30.4 Å². The molecule has 0 saturated carbocycles. The summed E-state index contributed by atoms with van der Waals surface area (Å²) in [6, 6.07) is 2.58. The monoisotopic (exact) mass is 288 g/mol. The molecule has 0 fully saturated rings. The van der Waals surface area contributed by atoms with Crippen molar-refractivity contribution < 1.29 is 8.78 Å². The van der Waals surface area contributed by atoms with Gasteiger partial charge in [0.05, 0.1) is 23.1 Å². The first-order chi connectivity index (χ1) is 10.0. The molecule has 0 aliphatic carbocycles. The summed E-state index contributed by atoms with van der Waals surface area (Å²) in [6.45, 7) is 3.19. The third-order valence-electron chi connectivity index (χ3n) is 2.75. The number of nitrogens with one attached hydrogen (secondary N) is 2. The second kappa shape index (κ2) is 6.18. The Morgan fingerprint density at radius 2 is 1.90 bits per heavy atom. The summed E-state index contributed by atoms with van der Waals surface area (Å²) >= 11 is 0. The molecule has 0 radical (unpaired) electrons. The van der Waals surface area contributed by atoms with E-state index >= 15 is 0 Å². The van der Waals surface area contributed by atoms with Crippen molar-refractivity contribution in [3.63, 3.8) is 0 Å². The van der Waals surface area contributed by atoms with Gasteiger partial charge in [-0.1, -0.05) is 5.92 Å². The van der Waals surface area contributed by atoms with Crippen LogP contribution in [0.4, 0.5) is 26.1 Å². The minimum Gasteiger partial charge on any atom is -0.371 e.